The Morgan fingerprint density at radius 1 is 1.28 bits per heavy atom. The molecule has 0 aliphatic carbocycles. The summed E-state index contributed by atoms with van der Waals surface area (Å²) in [6.45, 7) is 0.942. The van der Waals surface area contributed by atoms with Crippen LogP contribution in [0.25, 0.3) is 0 Å². The van der Waals surface area contributed by atoms with Crippen LogP contribution in [0, 0.1) is 34.0 Å². The van der Waals surface area contributed by atoms with Crippen molar-refractivity contribution in [1.82, 2.24) is 10.2 Å². The van der Waals surface area contributed by atoms with Gasteiger partial charge in [0.1, 0.15) is 41.4 Å². The Labute approximate surface area is 195 Å². The molecule has 0 aromatic heterocycles. The lowest BCUT2D eigenvalue weighted by atomic mass is 10.0. The zero-order chi connectivity index (χ0) is 23.8. The molecule has 0 aromatic carbocycles. The standard InChI is InChI=1S/C18H15N5O6S3/c1-9(24)29-6-11-7-31-16-13(15(26)23(16)14(11)17(27)28)22-12(25)8-32-18(30-3-2-19)10(4-20)5-21/h13,16H,3,6-8H2,1H3,(H,22,25)(H,27,28)/t13-,16-/m1/s1. The van der Waals surface area contributed by atoms with Gasteiger partial charge in [0, 0.05) is 18.2 Å². The van der Waals surface area contributed by atoms with Crippen molar-refractivity contribution < 1.29 is 29.0 Å². The van der Waals surface area contributed by atoms with Gasteiger partial charge in [-0.25, -0.2) is 4.79 Å². The monoisotopic (exact) mass is 493 g/mol. The summed E-state index contributed by atoms with van der Waals surface area (Å²) < 4.78 is 5.09. The van der Waals surface area contributed by atoms with E-state index in [1.165, 1.54) is 18.7 Å². The summed E-state index contributed by atoms with van der Waals surface area (Å²) in [4.78, 5) is 48.7. The first-order valence-corrected chi connectivity index (χ1v) is 11.8. The summed E-state index contributed by atoms with van der Waals surface area (Å²) in [6.07, 6.45) is 0. The molecule has 1 fully saturated rings. The first-order chi connectivity index (χ1) is 15.2. The first kappa shape index (κ1) is 25.1. The van der Waals surface area contributed by atoms with Crippen LogP contribution in [0.3, 0.4) is 0 Å². The van der Waals surface area contributed by atoms with E-state index in [9.17, 15) is 24.3 Å². The van der Waals surface area contributed by atoms with Crippen LogP contribution in [-0.4, -0.2) is 69.0 Å². The third-order valence-corrected chi connectivity index (χ3v) is 7.71. The maximum absolute atomic E-state index is 12.6. The highest BCUT2D eigenvalue weighted by molar-refractivity contribution is 8.22. The number of carboxylic acid groups (broad SMARTS) is 1. The number of nitriles is 3. The van der Waals surface area contributed by atoms with E-state index in [0.29, 0.717) is 0 Å². The lowest BCUT2D eigenvalue weighted by Gasteiger charge is -2.49. The summed E-state index contributed by atoms with van der Waals surface area (Å²) in [5.41, 5.74) is -0.188. The molecular formula is C18H15N5O6S3. The highest BCUT2D eigenvalue weighted by atomic mass is 32.2. The summed E-state index contributed by atoms with van der Waals surface area (Å²) in [5.74, 6) is -3.09. The van der Waals surface area contributed by atoms with Gasteiger partial charge in [0.15, 0.2) is 0 Å². The van der Waals surface area contributed by atoms with E-state index in [4.69, 9.17) is 20.5 Å². The van der Waals surface area contributed by atoms with E-state index in [1.807, 2.05) is 6.07 Å². The van der Waals surface area contributed by atoms with Crippen molar-refractivity contribution in [2.75, 3.05) is 23.9 Å². The Kier molecular flexibility index (Phi) is 9.02. The minimum Gasteiger partial charge on any atom is -0.477 e. The maximum Gasteiger partial charge on any atom is 0.352 e. The molecule has 2 atom stereocenters. The minimum absolute atomic E-state index is 0.00836. The van der Waals surface area contributed by atoms with Crippen molar-refractivity contribution in [2.24, 2.45) is 0 Å². The molecule has 2 N–H and O–H groups in total. The molecule has 1 saturated heterocycles. The summed E-state index contributed by atoms with van der Waals surface area (Å²) in [7, 11) is 0. The first-order valence-electron chi connectivity index (χ1n) is 8.74. The van der Waals surface area contributed by atoms with E-state index < -0.39 is 35.2 Å². The third kappa shape index (κ3) is 5.77. The maximum atomic E-state index is 12.6. The number of carboxylic acids is 1. The molecule has 2 aliphatic rings. The molecule has 2 amide bonds. The van der Waals surface area contributed by atoms with Gasteiger partial charge in [0.25, 0.3) is 5.91 Å². The predicted octanol–water partition coefficient (Wildman–Crippen LogP) is 0.537. The lowest BCUT2D eigenvalue weighted by molar-refractivity contribution is -0.150. The molecule has 0 radical (unpaired) electrons. The number of ether oxygens (including phenoxy) is 1. The highest BCUT2D eigenvalue weighted by Gasteiger charge is 2.54. The number of rotatable bonds is 9. The molecule has 0 spiro atoms. The minimum atomic E-state index is -1.34. The zero-order valence-electron chi connectivity index (χ0n) is 16.5. The van der Waals surface area contributed by atoms with Crippen LogP contribution in [0.15, 0.2) is 21.1 Å². The molecule has 166 valence electrons. The normalized spacial score (nSPS) is 18.8. The molecule has 0 bridgehead atoms. The topological polar surface area (TPSA) is 184 Å². The number of fused-ring (bicyclic) bond motifs is 1. The fourth-order valence-corrected chi connectivity index (χ4v) is 5.76. The SMILES string of the molecule is CC(=O)OCC1=C(C(=O)O)N2C(=O)[C@@H](NC(=O)CSC(SCC#N)=C(C#N)C#N)[C@H]2SC1. The Morgan fingerprint density at radius 2 is 1.97 bits per heavy atom. The van der Waals surface area contributed by atoms with Crippen molar-refractivity contribution in [2.45, 2.75) is 18.3 Å². The summed E-state index contributed by atoms with van der Waals surface area (Å²) >= 11 is 3.09. The van der Waals surface area contributed by atoms with E-state index >= 15 is 0 Å². The lowest BCUT2D eigenvalue weighted by Crippen LogP contribution is -2.70. The number of carbonyl (C=O) groups excluding carboxylic acids is 3. The van der Waals surface area contributed by atoms with Crippen molar-refractivity contribution >= 4 is 59.0 Å². The number of aliphatic carboxylic acids is 1. The van der Waals surface area contributed by atoms with Gasteiger partial charge in [-0.1, -0.05) is 0 Å². The van der Waals surface area contributed by atoms with Crippen LogP contribution in [0.5, 0.6) is 0 Å². The number of nitrogens with zero attached hydrogens (tertiary/aromatic N) is 4. The summed E-state index contributed by atoms with van der Waals surface area (Å²) in [6, 6.07) is 4.35. The van der Waals surface area contributed by atoms with Gasteiger partial charge in [0.2, 0.25) is 5.91 Å². The van der Waals surface area contributed by atoms with Crippen molar-refractivity contribution in [1.29, 1.82) is 15.8 Å². The molecule has 0 saturated carbocycles. The van der Waals surface area contributed by atoms with Crippen LogP contribution >= 0.6 is 35.3 Å². The number of amides is 2. The third-order valence-electron chi connectivity index (χ3n) is 4.05. The van der Waals surface area contributed by atoms with Gasteiger partial charge in [0.05, 0.1) is 21.8 Å². The molecule has 14 heteroatoms. The predicted molar refractivity (Wildman–Crippen MR) is 115 cm³/mol. The van der Waals surface area contributed by atoms with Gasteiger partial charge in [-0.3, -0.25) is 19.3 Å². The van der Waals surface area contributed by atoms with Gasteiger partial charge >= 0.3 is 11.9 Å². The van der Waals surface area contributed by atoms with E-state index in [2.05, 4.69) is 5.32 Å². The van der Waals surface area contributed by atoms with Gasteiger partial charge < -0.3 is 15.2 Å². The Bertz CT molecular complexity index is 1020. The second kappa shape index (κ2) is 11.5. The van der Waals surface area contributed by atoms with Crippen molar-refractivity contribution in [3.05, 3.63) is 21.1 Å². The second-order valence-corrected chi connectivity index (χ2v) is 9.45. The molecule has 11 nitrogen and oxygen atoms in total. The average molecular weight is 494 g/mol. The molecule has 2 rings (SSSR count). The second-order valence-electron chi connectivity index (χ2n) is 6.11. The number of hydrogen-bond donors (Lipinski definition) is 2. The summed E-state index contributed by atoms with van der Waals surface area (Å²) in [5, 5.41) is 38.1. The van der Waals surface area contributed by atoms with Crippen LogP contribution in [0.4, 0.5) is 0 Å². The molecule has 0 unspecified atom stereocenters. The number of thioether (sulfide) groups is 3. The largest absolute Gasteiger partial charge is 0.477 e. The number of hydrogen-bond acceptors (Lipinski definition) is 11. The van der Waals surface area contributed by atoms with Crippen molar-refractivity contribution in [3.8, 4) is 18.2 Å². The number of esters is 1. The molecule has 2 aliphatic heterocycles. The molecule has 0 aromatic rings. The van der Waals surface area contributed by atoms with Crippen molar-refractivity contribution in [3.63, 3.8) is 0 Å². The smallest absolute Gasteiger partial charge is 0.352 e. The number of carbonyl (C=O) groups is 4. The fraction of sp³-hybridized carbons (Fsp3) is 0.389. The number of allylic oxidation sites excluding steroid dienone is 1. The Morgan fingerprint density at radius 3 is 2.53 bits per heavy atom. The van der Waals surface area contributed by atoms with Crippen LogP contribution in [0.2, 0.25) is 0 Å². The van der Waals surface area contributed by atoms with Crippen LogP contribution in [-0.2, 0) is 23.9 Å². The van der Waals surface area contributed by atoms with Crippen LogP contribution in [0.1, 0.15) is 6.92 Å². The van der Waals surface area contributed by atoms with Gasteiger partial charge in [-0.05, 0) is 0 Å². The molecule has 32 heavy (non-hydrogen) atoms. The van der Waals surface area contributed by atoms with Crippen LogP contribution < -0.4 is 5.32 Å². The zero-order valence-corrected chi connectivity index (χ0v) is 18.9. The van der Waals surface area contributed by atoms with Gasteiger partial charge in [-0.2, -0.15) is 15.8 Å². The van der Waals surface area contributed by atoms with E-state index in [1.54, 1.807) is 12.1 Å². The number of β-lactam (4-membered cyclic amide) rings is 1. The highest BCUT2D eigenvalue weighted by Crippen LogP contribution is 2.40. The quantitative estimate of drug-likeness (QED) is 0.258. The Hall–Kier alpha value is -3.12. The molecule has 2 heterocycles. The Balaban J connectivity index is 2.05. The average Bonchev–Trinajstić information content (AvgIpc) is 2.76. The van der Waals surface area contributed by atoms with E-state index in [0.717, 1.165) is 28.4 Å². The fourth-order valence-electron chi connectivity index (χ4n) is 2.73. The molecular weight excluding hydrogens is 478 g/mol. The number of nitrogens with one attached hydrogen (secondary N) is 1. The van der Waals surface area contributed by atoms with E-state index in [-0.39, 0.29) is 44.9 Å². The van der Waals surface area contributed by atoms with Gasteiger partial charge in [-0.15, -0.1) is 35.3 Å².